The van der Waals surface area contributed by atoms with Crippen molar-refractivity contribution in [1.29, 1.82) is 0 Å². The van der Waals surface area contributed by atoms with Gasteiger partial charge in [0.15, 0.2) is 0 Å². The highest BCUT2D eigenvalue weighted by Gasteiger charge is 2.45. The molecule has 0 fully saturated rings. The Bertz CT molecular complexity index is 1160. The monoisotopic (exact) mass is 463 g/mol. The molecule has 3 aromatic rings. The average molecular weight is 464 g/mol. The van der Waals surface area contributed by atoms with Gasteiger partial charge in [0, 0.05) is 29.6 Å². The molecule has 5 nitrogen and oxygen atoms in total. The topological polar surface area (TPSA) is 71.7 Å². The minimum absolute atomic E-state index is 0.282. The summed E-state index contributed by atoms with van der Waals surface area (Å²) in [5.41, 5.74) is 0.501. The molecular formula is C27H30NO4P. The molecule has 4 rings (SSSR count). The molecule has 2 N–H and O–H groups in total. The van der Waals surface area contributed by atoms with Crippen molar-refractivity contribution in [1.82, 2.24) is 5.32 Å². The van der Waals surface area contributed by atoms with Crippen LogP contribution in [0.25, 0.3) is 0 Å². The highest BCUT2D eigenvalue weighted by Crippen LogP contribution is 2.61. The van der Waals surface area contributed by atoms with Crippen LogP contribution >= 0.6 is 7.37 Å². The Labute approximate surface area is 195 Å². The number of hydrogen-bond acceptors (Lipinski definition) is 5. The predicted octanol–water partition coefficient (Wildman–Crippen LogP) is 5.38. The standard InChI is InChI=1S/C27H30NO4P/c1-27(28-2,21-11-6-4-7-12-21)23-17-16-20(26(29)24-15-10-18-32-24)19-25(23)33(30,31-3)22-13-8-5-9-14-22/h4-20,23,26,28-29H,1-3H3/t20-,23+,26+,27-,33-/m1/s1. The molecule has 0 radical (unpaired) electrons. The third kappa shape index (κ3) is 4.30. The molecule has 6 heteroatoms. The first-order chi connectivity index (χ1) is 15.9. The van der Waals surface area contributed by atoms with Crippen LogP contribution in [0.2, 0.25) is 0 Å². The minimum Gasteiger partial charge on any atom is -0.467 e. The molecule has 1 aliphatic carbocycles. The Hall–Kier alpha value is -2.69. The lowest BCUT2D eigenvalue weighted by Gasteiger charge is -2.42. The van der Waals surface area contributed by atoms with E-state index >= 15 is 0 Å². The van der Waals surface area contributed by atoms with E-state index < -0.39 is 24.9 Å². The van der Waals surface area contributed by atoms with E-state index in [0.29, 0.717) is 16.4 Å². The van der Waals surface area contributed by atoms with Gasteiger partial charge in [-0.2, -0.15) is 0 Å². The van der Waals surface area contributed by atoms with Crippen molar-refractivity contribution in [3.05, 3.63) is 114 Å². The molecule has 1 aliphatic rings. The number of nitrogens with one attached hydrogen (secondary N) is 1. The second-order valence-corrected chi connectivity index (χ2v) is 10.9. The summed E-state index contributed by atoms with van der Waals surface area (Å²) in [4.78, 5) is 0. The van der Waals surface area contributed by atoms with Gasteiger partial charge in [-0.15, -0.1) is 0 Å². The van der Waals surface area contributed by atoms with Gasteiger partial charge in [-0.25, -0.2) is 0 Å². The zero-order chi connectivity index (χ0) is 23.5. The van der Waals surface area contributed by atoms with Gasteiger partial charge in [0.05, 0.1) is 11.8 Å². The second kappa shape index (κ2) is 9.66. The van der Waals surface area contributed by atoms with E-state index in [4.69, 9.17) is 8.94 Å². The fourth-order valence-electron chi connectivity index (χ4n) is 4.56. The summed E-state index contributed by atoms with van der Waals surface area (Å²) in [6.45, 7) is 2.10. The highest BCUT2D eigenvalue weighted by atomic mass is 31.2. The number of benzene rings is 2. The summed E-state index contributed by atoms with van der Waals surface area (Å²) in [6.07, 6.45) is 6.53. The molecule has 0 unspecified atom stereocenters. The van der Waals surface area contributed by atoms with Crippen molar-refractivity contribution < 1.29 is 18.6 Å². The van der Waals surface area contributed by atoms with Crippen LogP contribution in [-0.4, -0.2) is 19.3 Å². The van der Waals surface area contributed by atoms with E-state index in [1.807, 2.05) is 73.8 Å². The number of hydrogen-bond donors (Lipinski definition) is 2. The normalized spacial score (nSPS) is 22.7. The first kappa shape index (κ1) is 23.5. The summed E-state index contributed by atoms with van der Waals surface area (Å²) >= 11 is 0. The number of rotatable bonds is 8. The maximum atomic E-state index is 14.5. The van der Waals surface area contributed by atoms with Gasteiger partial charge in [-0.1, -0.05) is 66.8 Å². The van der Waals surface area contributed by atoms with Gasteiger partial charge in [0.2, 0.25) is 0 Å². The second-order valence-electron chi connectivity index (χ2n) is 8.38. The molecule has 0 spiro atoms. The van der Waals surface area contributed by atoms with Crippen LogP contribution in [0, 0.1) is 11.8 Å². The van der Waals surface area contributed by atoms with Gasteiger partial charge >= 0.3 is 0 Å². The summed E-state index contributed by atoms with van der Waals surface area (Å²) in [5.74, 6) is -0.229. The molecule has 172 valence electrons. The van der Waals surface area contributed by atoms with Gasteiger partial charge in [-0.3, -0.25) is 4.57 Å². The smallest absolute Gasteiger partial charge is 0.257 e. The fraction of sp³-hybridized carbons (Fsp3) is 0.259. The fourth-order valence-corrected chi connectivity index (χ4v) is 6.92. The molecule has 0 saturated heterocycles. The van der Waals surface area contributed by atoms with Crippen LogP contribution in [0.4, 0.5) is 0 Å². The lowest BCUT2D eigenvalue weighted by atomic mass is 9.75. The molecule has 0 bridgehead atoms. The lowest BCUT2D eigenvalue weighted by Crippen LogP contribution is -2.45. The van der Waals surface area contributed by atoms with Crippen molar-refractivity contribution in [2.75, 3.05) is 14.2 Å². The Morgan fingerprint density at radius 1 is 1.03 bits per heavy atom. The zero-order valence-corrected chi connectivity index (χ0v) is 20.0. The van der Waals surface area contributed by atoms with E-state index in [9.17, 15) is 9.67 Å². The molecule has 5 atom stereocenters. The van der Waals surface area contributed by atoms with Crippen LogP contribution < -0.4 is 10.6 Å². The highest BCUT2D eigenvalue weighted by molar-refractivity contribution is 7.71. The number of furan rings is 1. The first-order valence-corrected chi connectivity index (χ1v) is 12.6. The van der Waals surface area contributed by atoms with E-state index in [-0.39, 0.29) is 5.92 Å². The van der Waals surface area contributed by atoms with E-state index in [2.05, 4.69) is 24.4 Å². The Balaban J connectivity index is 1.87. The third-order valence-electron chi connectivity index (χ3n) is 6.61. The van der Waals surface area contributed by atoms with Crippen LogP contribution in [-0.2, 0) is 14.6 Å². The maximum absolute atomic E-state index is 14.5. The van der Waals surface area contributed by atoms with Gasteiger partial charge in [-0.05, 0) is 43.8 Å². The summed E-state index contributed by atoms with van der Waals surface area (Å²) in [6, 6.07) is 22.9. The first-order valence-electron chi connectivity index (χ1n) is 11.0. The van der Waals surface area contributed by atoms with E-state index in [1.54, 1.807) is 12.1 Å². The minimum atomic E-state index is -3.44. The predicted molar refractivity (Wildman–Crippen MR) is 131 cm³/mol. The van der Waals surface area contributed by atoms with Crippen molar-refractivity contribution in [2.45, 2.75) is 18.6 Å². The van der Waals surface area contributed by atoms with Crippen LogP contribution in [0.5, 0.6) is 0 Å². The van der Waals surface area contributed by atoms with Crippen molar-refractivity contribution >= 4 is 12.7 Å². The van der Waals surface area contributed by atoms with Crippen molar-refractivity contribution in [3.8, 4) is 0 Å². The Morgan fingerprint density at radius 2 is 1.70 bits per heavy atom. The van der Waals surface area contributed by atoms with Gasteiger partial charge in [0.1, 0.15) is 11.9 Å². The summed E-state index contributed by atoms with van der Waals surface area (Å²) in [5, 5.41) is 15.7. The van der Waals surface area contributed by atoms with Crippen molar-refractivity contribution in [2.24, 2.45) is 11.8 Å². The summed E-state index contributed by atoms with van der Waals surface area (Å²) < 4.78 is 25.8. The van der Waals surface area contributed by atoms with Crippen molar-refractivity contribution in [3.63, 3.8) is 0 Å². The Morgan fingerprint density at radius 3 is 2.27 bits per heavy atom. The average Bonchev–Trinajstić information content (AvgIpc) is 3.43. The molecule has 1 aromatic heterocycles. The quantitative estimate of drug-likeness (QED) is 0.347. The number of aliphatic hydroxyl groups excluding tert-OH is 1. The van der Waals surface area contributed by atoms with E-state index in [0.717, 1.165) is 5.56 Å². The molecule has 0 aliphatic heterocycles. The summed E-state index contributed by atoms with van der Waals surface area (Å²) in [7, 11) is -0.0474. The molecular weight excluding hydrogens is 433 g/mol. The zero-order valence-electron chi connectivity index (χ0n) is 19.1. The Kier molecular flexibility index (Phi) is 6.87. The van der Waals surface area contributed by atoms with E-state index in [1.165, 1.54) is 13.4 Å². The molecule has 2 aromatic carbocycles. The molecule has 33 heavy (non-hydrogen) atoms. The largest absolute Gasteiger partial charge is 0.467 e. The third-order valence-corrected chi connectivity index (χ3v) is 9.21. The molecule has 0 saturated carbocycles. The molecule has 0 amide bonds. The number of aliphatic hydroxyl groups is 1. The van der Waals surface area contributed by atoms with Crippen LogP contribution in [0.3, 0.4) is 0 Å². The van der Waals surface area contributed by atoms with Crippen LogP contribution in [0.15, 0.2) is 107 Å². The SMILES string of the molecule is CN[C@](C)(c1ccccc1)[C@H]1C=C[C@@H]([C@H](O)c2ccco2)C=C1[P@](=O)(OC)c1ccccc1. The van der Waals surface area contributed by atoms with Gasteiger partial charge in [0.25, 0.3) is 7.37 Å². The molecule has 1 heterocycles. The maximum Gasteiger partial charge on any atom is 0.257 e. The lowest BCUT2D eigenvalue weighted by molar-refractivity contribution is 0.123. The van der Waals surface area contributed by atoms with Gasteiger partial charge < -0.3 is 19.4 Å². The van der Waals surface area contributed by atoms with Crippen LogP contribution in [0.1, 0.15) is 24.4 Å².